The van der Waals surface area contributed by atoms with Crippen LogP contribution in [0.4, 0.5) is 23.1 Å². The number of nitrogens with zero attached hydrogens (tertiary/aromatic N) is 3. The summed E-state index contributed by atoms with van der Waals surface area (Å²) < 4.78 is 11.3. The van der Waals surface area contributed by atoms with Gasteiger partial charge in [-0.15, -0.1) is 5.10 Å². The molecule has 0 amide bonds. The molecule has 0 atom stereocenters. The van der Waals surface area contributed by atoms with E-state index < -0.39 is 0 Å². The number of hydrogen-bond donors (Lipinski definition) is 2. The number of ether oxygens (including phenoxy) is 2. The SMILES string of the molecule is CCOc1ccc(Nc2cnnc(Nc3ccccc3OC(C)C)n2)cc1. The summed E-state index contributed by atoms with van der Waals surface area (Å²) in [7, 11) is 0. The summed E-state index contributed by atoms with van der Waals surface area (Å²) in [6, 6.07) is 15.3. The summed E-state index contributed by atoms with van der Waals surface area (Å²) in [5.41, 5.74) is 1.67. The Labute approximate surface area is 158 Å². The van der Waals surface area contributed by atoms with Crippen LogP contribution >= 0.6 is 0 Å². The fourth-order valence-electron chi connectivity index (χ4n) is 2.41. The Hall–Kier alpha value is -3.35. The van der Waals surface area contributed by atoms with E-state index in [0.29, 0.717) is 18.4 Å². The number of hydrogen-bond acceptors (Lipinski definition) is 7. The van der Waals surface area contributed by atoms with Crippen LogP contribution in [0.2, 0.25) is 0 Å². The monoisotopic (exact) mass is 365 g/mol. The van der Waals surface area contributed by atoms with Gasteiger partial charge in [0.15, 0.2) is 5.82 Å². The molecule has 7 nitrogen and oxygen atoms in total. The van der Waals surface area contributed by atoms with E-state index in [2.05, 4.69) is 25.8 Å². The molecule has 0 aliphatic rings. The van der Waals surface area contributed by atoms with E-state index in [1.807, 2.05) is 69.3 Å². The van der Waals surface area contributed by atoms with Crippen LogP contribution < -0.4 is 20.1 Å². The largest absolute Gasteiger partial charge is 0.494 e. The number of rotatable bonds is 8. The summed E-state index contributed by atoms with van der Waals surface area (Å²) in [5.74, 6) is 2.53. The molecular weight excluding hydrogens is 342 g/mol. The van der Waals surface area contributed by atoms with Gasteiger partial charge in [-0.3, -0.25) is 0 Å². The van der Waals surface area contributed by atoms with Gasteiger partial charge in [0.2, 0.25) is 5.95 Å². The lowest BCUT2D eigenvalue weighted by atomic mass is 10.3. The minimum absolute atomic E-state index is 0.0691. The molecule has 0 fully saturated rings. The lowest BCUT2D eigenvalue weighted by Crippen LogP contribution is -2.08. The highest BCUT2D eigenvalue weighted by molar-refractivity contribution is 5.63. The molecule has 2 aromatic carbocycles. The first-order valence-electron chi connectivity index (χ1n) is 8.86. The average Bonchev–Trinajstić information content (AvgIpc) is 2.65. The van der Waals surface area contributed by atoms with Gasteiger partial charge in [-0.2, -0.15) is 10.1 Å². The molecule has 0 saturated heterocycles. The highest BCUT2D eigenvalue weighted by atomic mass is 16.5. The van der Waals surface area contributed by atoms with Crippen molar-refractivity contribution >= 4 is 23.1 Å². The minimum Gasteiger partial charge on any atom is -0.494 e. The van der Waals surface area contributed by atoms with E-state index in [9.17, 15) is 0 Å². The molecule has 140 valence electrons. The Bertz CT molecular complexity index is 868. The fourth-order valence-corrected chi connectivity index (χ4v) is 2.41. The molecule has 3 rings (SSSR count). The first-order valence-corrected chi connectivity index (χ1v) is 8.86. The lowest BCUT2D eigenvalue weighted by Gasteiger charge is -2.14. The summed E-state index contributed by atoms with van der Waals surface area (Å²) in [6.45, 7) is 6.56. The Morgan fingerprint density at radius 2 is 1.78 bits per heavy atom. The first kappa shape index (κ1) is 18.4. The summed E-state index contributed by atoms with van der Waals surface area (Å²) in [5, 5.41) is 14.4. The molecule has 3 aromatic rings. The number of aromatic nitrogens is 3. The van der Waals surface area contributed by atoms with Crippen molar-refractivity contribution in [3.8, 4) is 11.5 Å². The predicted octanol–water partition coefficient (Wildman–Crippen LogP) is 4.54. The quantitative estimate of drug-likeness (QED) is 0.606. The molecule has 1 heterocycles. The Morgan fingerprint density at radius 1 is 1.00 bits per heavy atom. The highest BCUT2D eigenvalue weighted by Crippen LogP contribution is 2.27. The van der Waals surface area contributed by atoms with Crippen molar-refractivity contribution in [2.75, 3.05) is 17.2 Å². The molecule has 0 unspecified atom stereocenters. The fraction of sp³-hybridized carbons (Fsp3) is 0.250. The number of anilines is 4. The molecule has 0 aliphatic carbocycles. The van der Waals surface area contributed by atoms with E-state index in [1.165, 1.54) is 0 Å². The van der Waals surface area contributed by atoms with Crippen LogP contribution in [0.1, 0.15) is 20.8 Å². The topological polar surface area (TPSA) is 81.2 Å². The van der Waals surface area contributed by atoms with Crippen LogP contribution in [0.5, 0.6) is 11.5 Å². The normalized spacial score (nSPS) is 10.5. The molecule has 0 saturated carbocycles. The zero-order chi connectivity index (χ0) is 19.1. The third-order valence-electron chi connectivity index (χ3n) is 3.49. The molecule has 0 bridgehead atoms. The smallest absolute Gasteiger partial charge is 0.249 e. The molecule has 27 heavy (non-hydrogen) atoms. The lowest BCUT2D eigenvalue weighted by molar-refractivity contribution is 0.244. The average molecular weight is 365 g/mol. The Kier molecular flexibility index (Phi) is 6.04. The van der Waals surface area contributed by atoms with Crippen molar-refractivity contribution < 1.29 is 9.47 Å². The van der Waals surface area contributed by atoms with Gasteiger partial charge in [-0.05, 0) is 57.2 Å². The van der Waals surface area contributed by atoms with Crippen LogP contribution in [0, 0.1) is 0 Å². The predicted molar refractivity (Wildman–Crippen MR) is 106 cm³/mol. The second-order valence-electron chi connectivity index (χ2n) is 6.04. The number of benzene rings is 2. The summed E-state index contributed by atoms with van der Waals surface area (Å²) >= 11 is 0. The van der Waals surface area contributed by atoms with Gasteiger partial charge in [-0.1, -0.05) is 12.1 Å². The molecule has 0 spiro atoms. The van der Waals surface area contributed by atoms with Crippen molar-refractivity contribution in [2.24, 2.45) is 0 Å². The van der Waals surface area contributed by atoms with E-state index in [4.69, 9.17) is 9.47 Å². The maximum atomic E-state index is 5.81. The van der Waals surface area contributed by atoms with Crippen molar-refractivity contribution in [2.45, 2.75) is 26.9 Å². The first-order chi connectivity index (χ1) is 13.1. The van der Waals surface area contributed by atoms with Gasteiger partial charge in [0.1, 0.15) is 11.5 Å². The van der Waals surface area contributed by atoms with Crippen molar-refractivity contribution in [1.29, 1.82) is 0 Å². The van der Waals surface area contributed by atoms with Crippen LogP contribution in [0.15, 0.2) is 54.7 Å². The van der Waals surface area contributed by atoms with Gasteiger partial charge in [0, 0.05) is 5.69 Å². The van der Waals surface area contributed by atoms with Crippen molar-refractivity contribution in [3.63, 3.8) is 0 Å². The van der Waals surface area contributed by atoms with E-state index in [0.717, 1.165) is 22.9 Å². The van der Waals surface area contributed by atoms with Gasteiger partial charge in [0.05, 0.1) is 24.6 Å². The van der Waals surface area contributed by atoms with Crippen LogP contribution in [0.3, 0.4) is 0 Å². The van der Waals surface area contributed by atoms with E-state index in [-0.39, 0.29) is 6.10 Å². The molecule has 0 aliphatic heterocycles. The maximum Gasteiger partial charge on any atom is 0.249 e. The Morgan fingerprint density at radius 3 is 2.52 bits per heavy atom. The zero-order valence-corrected chi connectivity index (χ0v) is 15.6. The molecule has 2 N–H and O–H groups in total. The molecule has 1 aromatic heterocycles. The third-order valence-corrected chi connectivity index (χ3v) is 3.49. The summed E-state index contributed by atoms with van der Waals surface area (Å²) in [4.78, 5) is 4.46. The van der Waals surface area contributed by atoms with Crippen molar-refractivity contribution in [3.05, 3.63) is 54.7 Å². The molecular formula is C20H23N5O2. The van der Waals surface area contributed by atoms with Crippen LogP contribution in [-0.4, -0.2) is 27.9 Å². The van der Waals surface area contributed by atoms with Crippen LogP contribution in [-0.2, 0) is 0 Å². The molecule has 0 radical (unpaired) electrons. The third kappa shape index (κ3) is 5.31. The van der Waals surface area contributed by atoms with Gasteiger partial charge < -0.3 is 20.1 Å². The zero-order valence-electron chi connectivity index (χ0n) is 15.6. The van der Waals surface area contributed by atoms with E-state index in [1.54, 1.807) is 6.20 Å². The number of para-hydroxylation sites is 2. The Balaban J connectivity index is 1.72. The highest BCUT2D eigenvalue weighted by Gasteiger charge is 2.08. The minimum atomic E-state index is 0.0691. The second-order valence-corrected chi connectivity index (χ2v) is 6.04. The summed E-state index contributed by atoms with van der Waals surface area (Å²) in [6.07, 6.45) is 1.64. The van der Waals surface area contributed by atoms with Gasteiger partial charge in [0.25, 0.3) is 0 Å². The van der Waals surface area contributed by atoms with Crippen LogP contribution in [0.25, 0.3) is 0 Å². The van der Waals surface area contributed by atoms with Crippen molar-refractivity contribution in [1.82, 2.24) is 15.2 Å². The standard InChI is InChI=1S/C20H23N5O2/c1-4-26-16-11-9-15(10-12-16)22-19-13-21-25-20(24-19)23-17-7-5-6-8-18(17)27-14(2)3/h5-14H,4H2,1-3H3,(H2,22,23,24,25). The van der Waals surface area contributed by atoms with Gasteiger partial charge in [-0.25, -0.2) is 0 Å². The maximum absolute atomic E-state index is 5.81. The second kappa shape index (κ2) is 8.84. The molecule has 7 heteroatoms. The number of nitrogens with one attached hydrogen (secondary N) is 2. The van der Waals surface area contributed by atoms with E-state index >= 15 is 0 Å². The van der Waals surface area contributed by atoms with Gasteiger partial charge >= 0.3 is 0 Å².